The van der Waals surface area contributed by atoms with Crippen LogP contribution in [0.15, 0.2) is 0 Å². The molecular weight excluding hydrogens is 244 g/mol. The highest BCUT2D eigenvalue weighted by atomic mass is 32.2. The van der Waals surface area contributed by atoms with Crippen LogP contribution < -0.4 is 0 Å². The van der Waals surface area contributed by atoms with Gasteiger partial charge >= 0.3 is 0 Å². The maximum absolute atomic E-state index is 10.5. The lowest BCUT2D eigenvalue weighted by atomic mass is 9.97. The Morgan fingerprint density at radius 1 is 1.00 bits per heavy atom. The Hall–Kier alpha value is -0.290. The third-order valence-electron chi connectivity index (χ3n) is 2.35. The minimum atomic E-state index is -4.21. The molecule has 1 saturated heterocycles. The van der Waals surface area contributed by atoms with Crippen LogP contribution in [0.5, 0.6) is 0 Å². The molecule has 1 heterocycles. The molecule has 0 spiro atoms. The summed E-state index contributed by atoms with van der Waals surface area (Å²) in [6, 6.07) is 0. The van der Waals surface area contributed by atoms with E-state index >= 15 is 0 Å². The number of ether oxygens (including phenoxy) is 1. The molecule has 1 aliphatic rings. The molecule has 0 aromatic rings. The SMILES string of the molecule is O=S(=O)(O)CC[C@H]1O[C@H](O)[C@@H](O)[C@@H](O)[C@@H]1O. The normalized spacial score (nSPS) is 40.9. The summed E-state index contributed by atoms with van der Waals surface area (Å²) in [4.78, 5) is 0. The number of rotatable bonds is 3. The first-order valence-corrected chi connectivity index (χ1v) is 6.16. The third kappa shape index (κ3) is 3.35. The minimum absolute atomic E-state index is 0.305. The van der Waals surface area contributed by atoms with Crippen molar-refractivity contribution < 1.29 is 38.1 Å². The van der Waals surface area contributed by atoms with Gasteiger partial charge in [-0.3, -0.25) is 4.55 Å². The lowest BCUT2D eigenvalue weighted by molar-refractivity contribution is -0.281. The van der Waals surface area contributed by atoms with Gasteiger partial charge in [-0.25, -0.2) is 0 Å². The van der Waals surface area contributed by atoms with Gasteiger partial charge in [-0.05, 0) is 6.42 Å². The van der Waals surface area contributed by atoms with Crippen molar-refractivity contribution in [3.63, 3.8) is 0 Å². The van der Waals surface area contributed by atoms with E-state index in [2.05, 4.69) is 0 Å². The van der Waals surface area contributed by atoms with Crippen LogP contribution >= 0.6 is 0 Å². The van der Waals surface area contributed by atoms with Crippen LogP contribution in [0.2, 0.25) is 0 Å². The van der Waals surface area contributed by atoms with Gasteiger partial charge in [-0.15, -0.1) is 0 Å². The fourth-order valence-electron chi connectivity index (χ4n) is 1.43. The van der Waals surface area contributed by atoms with E-state index in [1.807, 2.05) is 0 Å². The van der Waals surface area contributed by atoms with Crippen molar-refractivity contribution in [2.75, 3.05) is 5.75 Å². The molecule has 0 amide bonds. The Bertz CT molecular complexity index is 327. The molecule has 0 aliphatic carbocycles. The zero-order valence-electron chi connectivity index (χ0n) is 8.17. The molecule has 9 heteroatoms. The van der Waals surface area contributed by atoms with Crippen molar-refractivity contribution in [2.24, 2.45) is 0 Å². The van der Waals surface area contributed by atoms with E-state index in [0.717, 1.165) is 0 Å². The van der Waals surface area contributed by atoms with Crippen LogP contribution in [-0.4, -0.2) is 69.9 Å². The maximum atomic E-state index is 10.5. The average molecular weight is 258 g/mol. The third-order valence-corrected chi connectivity index (χ3v) is 3.10. The first-order valence-electron chi connectivity index (χ1n) is 4.55. The molecule has 0 unspecified atom stereocenters. The van der Waals surface area contributed by atoms with E-state index in [1.54, 1.807) is 0 Å². The molecule has 1 aliphatic heterocycles. The zero-order chi connectivity index (χ0) is 12.5. The molecule has 0 aromatic carbocycles. The molecule has 0 radical (unpaired) electrons. The van der Waals surface area contributed by atoms with Crippen LogP contribution in [0.25, 0.3) is 0 Å². The summed E-state index contributed by atoms with van der Waals surface area (Å²) in [6.07, 6.45) is -7.99. The Morgan fingerprint density at radius 3 is 2.06 bits per heavy atom. The van der Waals surface area contributed by atoms with E-state index in [9.17, 15) is 18.6 Å². The largest absolute Gasteiger partial charge is 0.388 e. The van der Waals surface area contributed by atoms with Crippen LogP contribution in [-0.2, 0) is 14.9 Å². The van der Waals surface area contributed by atoms with E-state index in [4.69, 9.17) is 19.5 Å². The summed E-state index contributed by atoms with van der Waals surface area (Å²) in [5.74, 6) is -0.676. The Morgan fingerprint density at radius 2 is 1.56 bits per heavy atom. The smallest absolute Gasteiger partial charge is 0.264 e. The van der Waals surface area contributed by atoms with Gasteiger partial charge in [0.05, 0.1) is 11.9 Å². The number of aliphatic hydroxyl groups excluding tert-OH is 4. The van der Waals surface area contributed by atoms with E-state index in [1.165, 1.54) is 0 Å². The highest BCUT2D eigenvalue weighted by molar-refractivity contribution is 7.85. The highest BCUT2D eigenvalue weighted by Gasteiger charge is 2.42. The molecule has 0 saturated carbocycles. The molecule has 8 nitrogen and oxygen atoms in total. The number of aliphatic hydroxyl groups is 4. The van der Waals surface area contributed by atoms with Gasteiger partial charge in [0.2, 0.25) is 0 Å². The first kappa shape index (κ1) is 13.8. The van der Waals surface area contributed by atoms with Gasteiger partial charge in [0.15, 0.2) is 6.29 Å². The highest BCUT2D eigenvalue weighted by Crippen LogP contribution is 2.22. The van der Waals surface area contributed by atoms with E-state index in [-0.39, 0.29) is 6.42 Å². The number of hydrogen-bond donors (Lipinski definition) is 5. The van der Waals surface area contributed by atoms with Crippen molar-refractivity contribution in [1.29, 1.82) is 0 Å². The van der Waals surface area contributed by atoms with Crippen molar-refractivity contribution in [3.8, 4) is 0 Å². The molecule has 96 valence electrons. The quantitative estimate of drug-likeness (QED) is 0.338. The molecule has 5 atom stereocenters. The van der Waals surface area contributed by atoms with Crippen LogP contribution in [0.4, 0.5) is 0 Å². The van der Waals surface area contributed by atoms with Gasteiger partial charge < -0.3 is 25.2 Å². The molecule has 16 heavy (non-hydrogen) atoms. The van der Waals surface area contributed by atoms with Crippen LogP contribution in [0.3, 0.4) is 0 Å². The fourth-order valence-corrected chi connectivity index (χ4v) is 1.96. The molecule has 0 bridgehead atoms. The Balaban J connectivity index is 2.61. The van der Waals surface area contributed by atoms with Crippen LogP contribution in [0, 0.1) is 0 Å². The summed E-state index contributed by atoms with van der Waals surface area (Å²) in [5, 5.41) is 36.9. The lowest BCUT2D eigenvalue weighted by Gasteiger charge is -2.38. The van der Waals surface area contributed by atoms with E-state index in [0.29, 0.717) is 0 Å². The van der Waals surface area contributed by atoms with Crippen molar-refractivity contribution in [1.82, 2.24) is 0 Å². The van der Waals surface area contributed by atoms with Gasteiger partial charge in [-0.1, -0.05) is 0 Å². The average Bonchev–Trinajstić information content (AvgIpc) is 2.17. The lowest BCUT2D eigenvalue weighted by Crippen LogP contribution is -2.57. The second-order valence-corrected chi connectivity index (χ2v) is 5.18. The van der Waals surface area contributed by atoms with Gasteiger partial charge in [0.25, 0.3) is 10.1 Å². The molecule has 1 fully saturated rings. The summed E-state index contributed by atoms with van der Waals surface area (Å²) in [5.41, 5.74) is 0. The standard InChI is InChI=1S/C7H14O8S/c8-4-3(1-2-16(12,13)14)15-7(11)6(10)5(4)9/h3-11H,1-2H2,(H,12,13,14)/t3-,4-,5+,6+,7+/m1/s1. The monoisotopic (exact) mass is 258 g/mol. The van der Waals surface area contributed by atoms with E-state index < -0.39 is 46.6 Å². The first-order chi connectivity index (χ1) is 7.22. The summed E-state index contributed by atoms with van der Waals surface area (Å²) < 4.78 is 34.1. The van der Waals surface area contributed by atoms with Crippen molar-refractivity contribution in [2.45, 2.75) is 37.1 Å². The second-order valence-electron chi connectivity index (χ2n) is 3.61. The predicted octanol–water partition coefficient (Wildman–Crippen LogP) is -2.94. The molecular formula is C7H14O8S. The predicted molar refractivity (Wildman–Crippen MR) is 49.9 cm³/mol. The molecule has 0 aromatic heterocycles. The summed E-state index contributed by atoms with van der Waals surface area (Å²) >= 11 is 0. The van der Waals surface area contributed by atoms with Crippen LogP contribution in [0.1, 0.15) is 6.42 Å². The van der Waals surface area contributed by atoms with Crippen molar-refractivity contribution >= 4 is 10.1 Å². The maximum Gasteiger partial charge on any atom is 0.264 e. The van der Waals surface area contributed by atoms with Gasteiger partial charge in [0, 0.05) is 0 Å². The van der Waals surface area contributed by atoms with Gasteiger partial charge in [-0.2, -0.15) is 8.42 Å². The number of hydrogen-bond acceptors (Lipinski definition) is 7. The molecule has 1 rings (SSSR count). The Labute approximate surface area is 91.8 Å². The molecule has 5 N–H and O–H groups in total. The minimum Gasteiger partial charge on any atom is -0.388 e. The topological polar surface area (TPSA) is 145 Å². The van der Waals surface area contributed by atoms with Crippen molar-refractivity contribution in [3.05, 3.63) is 0 Å². The Kier molecular flexibility index (Phi) is 4.23. The fraction of sp³-hybridized carbons (Fsp3) is 1.00. The summed E-state index contributed by atoms with van der Waals surface area (Å²) in [7, 11) is -4.21. The zero-order valence-corrected chi connectivity index (χ0v) is 8.99. The summed E-state index contributed by atoms with van der Waals surface area (Å²) in [6.45, 7) is 0. The second kappa shape index (κ2) is 4.92. The van der Waals surface area contributed by atoms with Gasteiger partial charge in [0.1, 0.15) is 18.3 Å².